The molecule has 0 aromatic carbocycles. The van der Waals surface area contributed by atoms with Gasteiger partial charge in [0, 0.05) is 29.8 Å². The molecule has 0 saturated heterocycles. The summed E-state index contributed by atoms with van der Waals surface area (Å²) in [6.45, 7) is 3.10. The van der Waals surface area contributed by atoms with Gasteiger partial charge in [0.15, 0.2) is 0 Å². The van der Waals surface area contributed by atoms with Crippen LogP contribution in [0.15, 0.2) is 35.4 Å². The van der Waals surface area contributed by atoms with Crippen molar-refractivity contribution in [3.63, 3.8) is 0 Å². The normalized spacial score (nSPS) is 12.3. The number of hydrogen-bond acceptors (Lipinski definition) is 5. The predicted molar refractivity (Wildman–Crippen MR) is 72.0 cm³/mol. The van der Waals surface area contributed by atoms with Gasteiger partial charge in [-0.2, -0.15) is 0 Å². The van der Waals surface area contributed by atoms with Crippen LogP contribution in [0.2, 0.25) is 0 Å². The monoisotopic (exact) mass is 261 g/mol. The molecule has 2 heterocycles. The first-order valence-electron chi connectivity index (χ1n) is 6.44. The molecule has 0 fully saturated rings. The van der Waals surface area contributed by atoms with Crippen molar-refractivity contribution in [3.8, 4) is 5.88 Å². The molecule has 2 aromatic rings. The zero-order valence-electron chi connectivity index (χ0n) is 11.3. The number of rotatable bonds is 7. The van der Waals surface area contributed by atoms with Crippen LogP contribution in [-0.2, 0) is 6.42 Å². The van der Waals surface area contributed by atoms with Gasteiger partial charge in [0.25, 0.3) is 0 Å². The second-order valence-corrected chi connectivity index (χ2v) is 4.32. The fourth-order valence-corrected chi connectivity index (χ4v) is 1.91. The van der Waals surface area contributed by atoms with Gasteiger partial charge >= 0.3 is 0 Å². The third kappa shape index (κ3) is 3.79. The quantitative estimate of drug-likeness (QED) is 0.829. The van der Waals surface area contributed by atoms with Gasteiger partial charge in [-0.1, -0.05) is 6.92 Å². The average Bonchev–Trinajstić information content (AvgIpc) is 2.97. The van der Waals surface area contributed by atoms with Crippen LogP contribution >= 0.6 is 0 Å². The summed E-state index contributed by atoms with van der Waals surface area (Å²) >= 11 is 0. The van der Waals surface area contributed by atoms with Gasteiger partial charge in [-0.25, -0.2) is 9.97 Å². The van der Waals surface area contributed by atoms with Crippen LogP contribution in [-0.4, -0.2) is 23.6 Å². The van der Waals surface area contributed by atoms with Crippen LogP contribution in [0.25, 0.3) is 0 Å². The lowest BCUT2D eigenvalue weighted by Crippen LogP contribution is -2.24. The van der Waals surface area contributed by atoms with Gasteiger partial charge < -0.3 is 14.5 Å². The maximum atomic E-state index is 5.16. The summed E-state index contributed by atoms with van der Waals surface area (Å²) in [6.07, 6.45) is 6.85. The largest absolute Gasteiger partial charge is 0.481 e. The van der Waals surface area contributed by atoms with Crippen molar-refractivity contribution in [2.45, 2.75) is 25.8 Å². The van der Waals surface area contributed by atoms with Crippen molar-refractivity contribution in [2.75, 3.05) is 13.7 Å². The van der Waals surface area contributed by atoms with Gasteiger partial charge in [0.2, 0.25) is 5.88 Å². The van der Waals surface area contributed by atoms with Crippen molar-refractivity contribution in [1.29, 1.82) is 0 Å². The van der Waals surface area contributed by atoms with Gasteiger partial charge in [-0.15, -0.1) is 0 Å². The number of hydrogen-bond donors (Lipinski definition) is 1. The molecule has 0 aliphatic heterocycles. The minimum absolute atomic E-state index is 0.193. The summed E-state index contributed by atoms with van der Waals surface area (Å²) in [6, 6.07) is 4.03. The van der Waals surface area contributed by atoms with E-state index in [1.165, 1.54) is 6.33 Å². The summed E-state index contributed by atoms with van der Waals surface area (Å²) in [5.41, 5.74) is 2.08. The van der Waals surface area contributed by atoms with E-state index in [9.17, 15) is 0 Å². The average molecular weight is 261 g/mol. The molecule has 5 heteroatoms. The first-order chi connectivity index (χ1) is 9.33. The van der Waals surface area contributed by atoms with E-state index in [2.05, 4.69) is 22.2 Å². The summed E-state index contributed by atoms with van der Waals surface area (Å²) in [7, 11) is 1.61. The van der Waals surface area contributed by atoms with Crippen molar-refractivity contribution in [2.24, 2.45) is 0 Å². The molecule has 2 rings (SSSR count). The van der Waals surface area contributed by atoms with Crippen LogP contribution < -0.4 is 10.1 Å². The van der Waals surface area contributed by atoms with E-state index in [1.54, 1.807) is 19.6 Å². The first-order valence-corrected chi connectivity index (χ1v) is 6.44. The lowest BCUT2D eigenvalue weighted by molar-refractivity contribution is 0.395. The Morgan fingerprint density at radius 3 is 3.00 bits per heavy atom. The molecule has 0 saturated carbocycles. The minimum atomic E-state index is 0.193. The Morgan fingerprint density at radius 1 is 1.42 bits per heavy atom. The van der Waals surface area contributed by atoms with Crippen LogP contribution in [0.5, 0.6) is 5.88 Å². The summed E-state index contributed by atoms with van der Waals surface area (Å²) in [5.74, 6) is 0.589. The number of aromatic nitrogens is 2. The highest BCUT2D eigenvalue weighted by atomic mass is 16.5. The fourth-order valence-electron chi connectivity index (χ4n) is 1.91. The maximum absolute atomic E-state index is 5.16. The van der Waals surface area contributed by atoms with Crippen molar-refractivity contribution >= 4 is 0 Å². The van der Waals surface area contributed by atoms with Gasteiger partial charge in [0.1, 0.15) is 6.33 Å². The van der Waals surface area contributed by atoms with Crippen molar-refractivity contribution in [3.05, 3.63) is 42.2 Å². The van der Waals surface area contributed by atoms with Crippen LogP contribution in [0.4, 0.5) is 0 Å². The summed E-state index contributed by atoms with van der Waals surface area (Å²) in [4.78, 5) is 8.30. The molecule has 2 aromatic heterocycles. The number of ether oxygens (including phenoxy) is 1. The minimum Gasteiger partial charge on any atom is -0.481 e. The molecule has 0 aliphatic carbocycles. The summed E-state index contributed by atoms with van der Waals surface area (Å²) < 4.78 is 10.3. The number of nitrogens with one attached hydrogen (secondary N) is 1. The highest BCUT2D eigenvalue weighted by Crippen LogP contribution is 2.19. The lowest BCUT2D eigenvalue weighted by atomic mass is 10.0. The molecule has 102 valence electrons. The lowest BCUT2D eigenvalue weighted by Gasteiger charge is -2.16. The highest BCUT2D eigenvalue weighted by Gasteiger charge is 2.14. The number of furan rings is 1. The zero-order chi connectivity index (χ0) is 13.5. The standard InChI is InChI=1S/C14H19N3O2/c1-3-5-15-13(11-4-6-19-9-11)7-12-8-14(18-2)17-10-16-12/h4,6,8-10,13,15H,3,5,7H2,1-2H3. The SMILES string of the molecule is CCCNC(Cc1cc(OC)ncn1)c1ccoc1. The smallest absolute Gasteiger partial charge is 0.216 e. The molecule has 0 amide bonds. The molecule has 5 nitrogen and oxygen atoms in total. The number of nitrogens with zero attached hydrogens (tertiary/aromatic N) is 2. The molecule has 1 unspecified atom stereocenters. The molecular formula is C14H19N3O2. The Hall–Kier alpha value is -1.88. The molecule has 0 radical (unpaired) electrons. The second kappa shape index (κ2) is 6.89. The molecule has 19 heavy (non-hydrogen) atoms. The predicted octanol–water partition coefficient (Wildman–Crippen LogP) is 2.36. The molecular weight excluding hydrogens is 242 g/mol. The Bertz CT molecular complexity index is 485. The van der Waals surface area contributed by atoms with Crippen LogP contribution in [0, 0.1) is 0 Å². The van der Waals surface area contributed by atoms with E-state index in [-0.39, 0.29) is 6.04 Å². The van der Waals surface area contributed by atoms with E-state index in [0.717, 1.165) is 30.6 Å². The van der Waals surface area contributed by atoms with Crippen LogP contribution in [0.3, 0.4) is 0 Å². The second-order valence-electron chi connectivity index (χ2n) is 4.32. The summed E-state index contributed by atoms with van der Waals surface area (Å²) in [5, 5.41) is 3.50. The maximum Gasteiger partial charge on any atom is 0.216 e. The Kier molecular flexibility index (Phi) is 4.92. The van der Waals surface area contributed by atoms with Crippen molar-refractivity contribution in [1.82, 2.24) is 15.3 Å². The molecule has 0 bridgehead atoms. The first kappa shape index (κ1) is 13.5. The Labute approximate surface area is 113 Å². The van der Waals surface area contributed by atoms with E-state index >= 15 is 0 Å². The number of methoxy groups -OCH3 is 1. The van der Waals surface area contributed by atoms with E-state index in [4.69, 9.17) is 9.15 Å². The Morgan fingerprint density at radius 2 is 2.32 bits per heavy atom. The third-order valence-electron chi connectivity index (χ3n) is 2.91. The van der Waals surface area contributed by atoms with Gasteiger partial charge in [-0.3, -0.25) is 0 Å². The molecule has 0 aliphatic rings. The van der Waals surface area contributed by atoms with E-state index in [0.29, 0.717) is 5.88 Å². The topological polar surface area (TPSA) is 60.2 Å². The van der Waals surface area contributed by atoms with Crippen LogP contribution in [0.1, 0.15) is 30.6 Å². The molecule has 1 atom stereocenters. The van der Waals surface area contributed by atoms with E-state index < -0.39 is 0 Å². The van der Waals surface area contributed by atoms with Gasteiger partial charge in [0.05, 0.1) is 19.6 Å². The highest BCUT2D eigenvalue weighted by molar-refractivity contribution is 5.19. The molecule has 1 N–H and O–H groups in total. The van der Waals surface area contributed by atoms with Crippen molar-refractivity contribution < 1.29 is 9.15 Å². The van der Waals surface area contributed by atoms with E-state index in [1.807, 2.05) is 12.1 Å². The fraction of sp³-hybridized carbons (Fsp3) is 0.429. The third-order valence-corrected chi connectivity index (χ3v) is 2.91. The Balaban J connectivity index is 2.10. The molecule has 0 spiro atoms. The van der Waals surface area contributed by atoms with Gasteiger partial charge in [-0.05, 0) is 19.0 Å². The zero-order valence-corrected chi connectivity index (χ0v) is 11.3.